The number of phenolic OH excluding ortho intramolecular Hbond substituents is 1. The molecular formula is C21H19FN6O3. The van der Waals surface area contributed by atoms with Crippen LogP contribution in [0.25, 0.3) is 11.2 Å². The fraction of sp³-hybridized carbons (Fsp3) is 0.143. The zero-order valence-corrected chi connectivity index (χ0v) is 16.8. The first-order valence-electron chi connectivity index (χ1n) is 9.37. The van der Waals surface area contributed by atoms with Gasteiger partial charge in [-0.05, 0) is 54.4 Å². The van der Waals surface area contributed by atoms with Gasteiger partial charge < -0.3 is 5.11 Å². The van der Waals surface area contributed by atoms with Crippen molar-refractivity contribution in [2.24, 2.45) is 12.1 Å². The van der Waals surface area contributed by atoms with Gasteiger partial charge >= 0.3 is 5.69 Å². The number of fused-ring (bicyclic) bond motifs is 1. The molecule has 0 aliphatic rings. The zero-order chi connectivity index (χ0) is 22.1. The number of hydrazone groups is 1. The number of imidazole rings is 1. The Morgan fingerprint density at radius 2 is 1.84 bits per heavy atom. The highest BCUT2D eigenvalue weighted by Gasteiger charge is 2.17. The van der Waals surface area contributed by atoms with Crippen molar-refractivity contribution in [3.63, 3.8) is 0 Å². The normalized spacial score (nSPS) is 11.8. The van der Waals surface area contributed by atoms with Gasteiger partial charge in [-0.25, -0.2) is 14.6 Å². The van der Waals surface area contributed by atoms with E-state index in [0.29, 0.717) is 5.71 Å². The third-order valence-electron chi connectivity index (χ3n) is 4.87. The number of hydrogen-bond acceptors (Lipinski definition) is 6. The molecule has 0 aliphatic carbocycles. The molecule has 2 aromatic heterocycles. The van der Waals surface area contributed by atoms with Crippen LogP contribution in [0.5, 0.6) is 5.75 Å². The highest BCUT2D eigenvalue weighted by atomic mass is 19.1. The molecule has 0 radical (unpaired) electrons. The van der Waals surface area contributed by atoms with Crippen molar-refractivity contribution >= 4 is 22.8 Å². The minimum Gasteiger partial charge on any atom is -0.508 e. The zero-order valence-electron chi connectivity index (χ0n) is 16.8. The first kappa shape index (κ1) is 20.1. The van der Waals surface area contributed by atoms with Crippen LogP contribution in [0.4, 0.5) is 10.3 Å². The summed E-state index contributed by atoms with van der Waals surface area (Å²) in [6, 6.07) is 12.4. The molecule has 0 unspecified atom stereocenters. The molecule has 0 atom stereocenters. The largest absolute Gasteiger partial charge is 0.508 e. The van der Waals surface area contributed by atoms with Crippen LogP contribution in [0.2, 0.25) is 0 Å². The maximum atomic E-state index is 13.3. The van der Waals surface area contributed by atoms with Gasteiger partial charge in [-0.1, -0.05) is 12.1 Å². The quantitative estimate of drug-likeness (QED) is 0.337. The lowest BCUT2D eigenvalue weighted by molar-refractivity contribution is 0.475. The van der Waals surface area contributed by atoms with Gasteiger partial charge in [-0.3, -0.25) is 18.9 Å². The summed E-state index contributed by atoms with van der Waals surface area (Å²) in [4.78, 5) is 31.2. The van der Waals surface area contributed by atoms with Crippen molar-refractivity contribution in [2.75, 3.05) is 5.43 Å². The van der Waals surface area contributed by atoms with E-state index < -0.39 is 11.2 Å². The van der Waals surface area contributed by atoms with Crippen LogP contribution in [0, 0.1) is 5.82 Å². The second kappa shape index (κ2) is 7.90. The second-order valence-corrected chi connectivity index (χ2v) is 6.99. The number of rotatable bonds is 5. The Bertz CT molecular complexity index is 1400. The summed E-state index contributed by atoms with van der Waals surface area (Å²) in [5.41, 5.74) is 4.19. The lowest BCUT2D eigenvalue weighted by Gasteiger charge is -2.09. The third-order valence-corrected chi connectivity index (χ3v) is 4.87. The van der Waals surface area contributed by atoms with Gasteiger partial charge in [0.05, 0.1) is 12.3 Å². The standard InChI is InChI=1S/C21H19FN6O3/c1-12(14-5-9-16(29)10-6-14)25-26-20-23-18-17(19(30)24-21(31)27(18)2)28(20)11-13-3-7-15(22)8-4-13/h3-10,29H,11H2,1-2H3,(H,23,26)(H,24,30,31)/b25-12+. The third kappa shape index (κ3) is 3.95. The van der Waals surface area contributed by atoms with E-state index >= 15 is 0 Å². The summed E-state index contributed by atoms with van der Waals surface area (Å²) < 4.78 is 16.1. The van der Waals surface area contributed by atoms with Crippen molar-refractivity contribution in [2.45, 2.75) is 13.5 Å². The number of aromatic nitrogens is 4. The molecule has 2 heterocycles. The van der Waals surface area contributed by atoms with Crippen LogP contribution in [0.3, 0.4) is 0 Å². The molecule has 31 heavy (non-hydrogen) atoms. The number of anilines is 1. The number of aromatic hydroxyl groups is 1. The molecular weight excluding hydrogens is 403 g/mol. The summed E-state index contributed by atoms with van der Waals surface area (Å²) >= 11 is 0. The summed E-state index contributed by atoms with van der Waals surface area (Å²) in [5, 5.41) is 13.8. The number of aryl methyl sites for hydroxylation is 1. The second-order valence-electron chi connectivity index (χ2n) is 6.99. The first-order chi connectivity index (χ1) is 14.8. The minimum absolute atomic E-state index is 0.144. The van der Waals surface area contributed by atoms with Crippen molar-refractivity contribution in [1.29, 1.82) is 0 Å². The van der Waals surface area contributed by atoms with Crippen molar-refractivity contribution in [3.8, 4) is 5.75 Å². The van der Waals surface area contributed by atoms with E-state index in [0.717, 1.165) is 11.1 Å². The van der Waals surface area contributed by atoms with Gasteiger partial charge in [-0.2, -0.15) is 10.1 Å². The van der Waals surface area contributed by atoms with E-state index in [1.165, 1.54) is 23.7 Å². The Hall–Kier alpha value is -4.21. The fourth-order valence-electron chi connectivity index (χ4n) is 3.15. The van der Waals surface area contributed by atoms with Crippen molar-refractivity contribution < 1.29 is 9.50 Å². The molecule has 4 aromatic rings. The number of halogens is 1. The van der Waals surface area contributed by atoms with Gasteiger partial charge in [0, 0.05) is 7.05 Å². The fourth-order valence-corrected chi connectivity index (χ4v) is 3.15. The highest BCUT2D eigenvalue weighted by Crippen LogP contribution is 2.18. The van der Waals surface area contributed by atoms with Crippen LogP contribution in [-0.4, -0.2) is 29.9 Å². The Morgan fingerprint density at radius 3 is 2.52 bits per heavy atom. The molecule has 2 aromatic carbocycles. The van der Waals surface area contributed by atoms with Crippen LogP contribution in [0.15, 0.2) is 63.2 Å². The van der Waals surface area contributed by atoms with Gasteiger partial charge in [-0.15, -0.1) is 0 Å². The van der Waals surface area contributed by atoms with Crippen LogP contribution in [-0.2, 0) is 13.6 Å². The van der Waals surface area contributed by atoms with Crippen LogP contribution in [0.1, 0.15) is 18.1 Å². The number of phenols is 1. The smallest absolute Gasteiger partial charge is 0.329 e. The maximum absolute atomic E-state index is 13.3. The minimum atomic E-state index is -0.584. The molecule has 0 fully saturated rings. The monoisotopic (exact) mass is 422 g/mol. The van der Waals surface area contributed by atoms with E-state index in [9.17, 15) is 19.1 Å². The number of nitrogens with zero attached hydrogens (tertiary/aromatic N) is 4. The Morgan fingerprint density at radius 1 is 1.16 bits per heavy atom. The molecule has 0 saturated carbocycles. The predicted molar refractivity (Wildman–Crippen MR) is 115 cm³/mol. The number of benzene rings is 2. The Balaban J connectivity index is 1.80. The molecule has 10 heteroatoms. The van der Waals surface area contributed by atoms with Crippen molar-refractivity contribution in [1.82, 2.24) is 19.1 Å². The average molecular weight is 422 g/mol. The Kier molecular flexibility index (Phi) is 5.12. The first-order valence-corrected chi connectivity index (χ1v) is 9.37. The SMILES string of the molecule is C/C(=N\Nc1nc2c(c(=O)[nH]c(=O)n2C)n1Cc1ccc(F)cc1)c1ccc(O)cc1. The average Bonchev–Trinajstić information content (AvgIpc) is 3.11. The predicted octanol–water partition coefficient (Wildman–Crippen LogP) is 2.15. The van der Waals surface area contributed by atoms with E-state index in [-0.39, 0.29) is 35.2 Å². The number of aromatic amines is 1. The lowest BCUT2D eigenvalue weighted by Crippen LogP contribution is -2.29. The van der Waals surface area contributed by atoms with E-state index in [1.807, 2.05) is 0 Å². The van der Waals surface area contributed by atoms with Crippen LogP contribution < -0.4 is 16.7 Å². The molecule has 0 bridgehead atoms. The maximum Gasteiger partial charge on any atom is 0.329 e. The summed E-state index contributed by atoms with van der Waals surface area (Å²) in [6.45, 7) is 1.98. The molecule has 0 spiro atoms. The van der Waals surface area contributed by atoms with Gasteiger partial charge in [0.1, 0.15) is 11.6 Å². The molecule has 0 saturated heterocycles. The highest BCUT2D eigenvalue weighted by molar-refractivity contribution is 5.99. The number of hydrogen-bond donors (Lipinski definition) is 3. The molecule has 3 N–H and O–H groups in total. The Labute approximate surface area is 175 Å². The van der Waals surface area contributed by atoms with Crippen LogP contribution >= 0.6 is 0 Å². The van der Waals surface area contributed by atoms with E-state index in [4.69, 9.17) is 0 Å². The van der Waals surface area contributed by atoms with Crippen molar-refractivity contribution in [3.05, 3.63) is 86.3 Å². The number of nitrogens with one attached hydrogen (secondary N) is 2. The summed E-state index contributed by atoms with van der Waals surface area (Å²) in [7, 11) is 1.50. The van der Waals surface area contributed by atoms with Gasteiger partial charge in [0.25, 0.3) is 5.56 Å². The lowest BCUT2D eigenvalue weighted by atomic mass is 10.1. The molecule has 4 rings (SSSR count). The molecule has 0 amide bonds. The molecule has 158 valence electrons. The topological polar surface area (TPSA) is 117 Å². The summed E-state index contributed by atoms with van der Waals surface area (Å²) in [6.07, 6.45) is 0. The molecule has 0 aliphatic heterocycles. The van der Waals surface area contributed by atoms with E-state index in [1.54, 1.807) is 47.9 Å². The summed E-state index contributed by atoms with van der Waals surface area (Å²) in [5.74, 6) is 0.0156. The van der Waals surface area contributed by atoms with E-state index in [2.05, 4.69) is 20.5 Å². The van der Waals surface area contributed by atoms with Gasteiger partial charge in [0.2, 0.25) is 5.95 Å². The van der Waals surface area contributed by atoms with Gasteiger partial charge in [0.15, 0.2) is 11.2 Å². The number of H-pyrrole nitrogens is 1. The molecule has 9 nitrogen and oxygen atoms in total.